The summed E-state index contributed by atoms with van der Waals surface area (Å²) in [7, 11) is -4.67. The van der Waals surface area contributed by atoms with E-state index in [-0.39, 0.29) is 0 Å². The van der Waals surface area contributed by atoms with E-state index in [0.29, 0.717) is 6.20 Å². The van der Waals surface area contributed by atoms with E-state index in [0.717, 1.165) is 0 Å². The van der Waals surface area contributed by atoms with Crippen LogP contribution in [-0.4, -0.2) is 13.4 Å². The minimum Gasteiger partial charge on any atom is -0.337 e. The molecule has 0 aliphatic carbocycles. The van der Waals surface area contributed by atoms with Crippen molar-refractivity contribution in [2.75, 3.05) is 0 Å². The summed E-state index contributed by atoms with van der Waals surface area (Å²) in [5, 5.41) is 4.49. The molecule has 1 heterocycles. The standard InChI is InChI=1S/C6H5F3N2O3S/c7-5(8)2-1-11-6(9)4(3(2)12)15(10,13)14/h1,5H,(H,11,12)(H2,10,13,14). The Hall–Kier alpha value is -1.35. The number of hydrogen-bond acceptors (Lipinski definition) is 3. The molecule has 84 valence electrons. The van der Waals surface area contributed by atoms with E-state index >= 15 is 0 Å². The molecule has 0 aliphatic heterocycles. The van der Waals surface area contributed by atoms with Crippen molar-refractivity contribution >= 4 is 10.0 Å². The topological polar surface area (TPSA) is 93.0 Å². The summed E-state index contributed by atoms with van der Waals surface area (Å²) < 4.78 is 58.6. The minimum atomic E-state index is -4.67. The third kappa shape index (κ3) is 2.18. The van der Waals surface area contributed by atoms with Gasteiger partial charge >= 0.3 is 0 Å². The first-order chi connectivity index (χ1) is 6.75. The zero-order valence-corrected chi connectivity index (χ0v) is 7.82. The highest BCUT2D eigenvalue weighted by atomic mass is 32.2. The lowest BCUT2D eigenvalue weighted by molar-refractivity contribution is 0.149. The Kier molecular flexibility index (Phi) is 2.86. The number of aromatic nitrogens is 1. The monoisotopic (exact) mass is 242 g/mol. The highest BCUT2D eigenvalue weighted by molar-refractivity contribution is 7.89. The van der Waals surface area contributed by atoms with Gasteiger partial charge in [-0.15, -0.1) is 0 Å². The van der Waals surface area contributed by atoms with E-state index in [1.54, 1.807) is 4.98 Å². The number of primary sulfonamides is 1. The quantitative estimate of drug-likeness (QED) is 0.720. The highest BCUT2D eigenvalue weighted by Gasteiger charge is 2.24. The fourth-order valence-electron chi connectivity index (χ4n) is 0.919. The van der Waals surface area contributed by atoms with Crippen LogP contribution in [0.4, 0.5) is 13.2 Å². The molecule has 0 saturated carbocycles. The molecule has 0 unspecified atom stereocenters. The molecular formula is C6H5F3N2O3S. The lowest BCUT2D eigenvalue weighted by Crippen LogP contribution is -2.26. The molecule has 9 heteroatoms. The third-order valence-electron chi connectivity index (χ3n) is 1.54. The van der Waals surface area contributed by atoms with Gasteiger partial charge in [0.15, 0.2) is 4.90 Å². The van der Waals surface area contributed by atoms with Crippen LogP contribution in [0.2, 0.25) is 0 Å². The zero-order valence-electron chi connectivity index (χ0n) is 7.00. The molecule has 0 amide bonds. The summed E-state index contributed by atoms with van der Waals surface area (Å²) >= 11 is 0. The van der Waals surface area contributed by atoms with Crippen LogP contribution in [-0.2, 0) is 10.0 Å². The second-order valence-electron chi connectivity index (χ2n) is 2.56. The number of rotatable bonds is 2. The summed E-state index contributed by atoms with van der Waals surface area (Å²) in [4.78, 5) is 11.2. The molecule has 0 fully saturated rings. The Morgan fingerprint density at radius 2 is 1.93 bits per heavy atom. The predicted molar refractivity (Wildman–Crippen MR) is 43.4 cm³/mol. The molecule has 0 aliphatic rings. The van der Waals surface area contributed by atoms with E-state index in [1.165, 1.54) is 0 Å². The molecular weight excluding hydrogens is 237 g/mol. The first-order valence-electron chi connectivity index (χ1n) is 3.47. The van der Waals surface area contributed by atoms with Crippen molar-refractivity contribution < 1.29 is 21.6 Å². The van der Waals surface area contributed by atoms with Gasteiger partial charge in [-0.25, -0.2) is 22.3 Å². The summed E-state index contributed by atoms with van der Waals surface area (Å²) in [5.74, 6) is -1.56. The van der Waals surface area contributed by atoms with Gasteiger partial charge in [-0.3, -0.25) is 4.79 Å². The number of nitrogens with two attached hydrogens (primary N) is 1. The molecule has 0 atom stereocenters. The number of halogens is 3. The summed E-state index contributed by atoms with van der Waals surface area (Å²) in [6.07, 6.45) is -2.81. The molecule has 15 heavy (non-hydrogen) atoms. The average Bonchev–Trinajstić information content (AvgIpc) is 2.00. The van der Waals surface area contributed by atoms with Gasteiger partial charge in [0, 0.05) is 6.20 Å². The lowest BCUT2D eigenvalue weighted by Gasteiger charge is -2.02. The van der Waals surface area contributed by atoms with Crippen LogP contribution in [0.25, 0.3) is 0 Å². The van der Waals surface area contributed by atoms with Gasteiger partial charge in [-0.05, 0) is 0 Å². The second kappa shape index (κ2) is 3.66. The number of sulfonamides is 1. The van der Waals surface area contributed by atoms with Gasteiger partial charge in [-0.1, -0.05) is 0 Å². The maximum absolute atomic E-state index is 12.8. The Balaban J connectivity index is 3.67. The molecule has 5 nitrogen and oxygen atoms in total. The number of pyridine rings is 1. The maximum atomic E-state index is 12.8. The summed E-state index contributed by atoms with van der Waals surface area (Å²) in [6.45, 7) is 0. The van der Waals surface area contributed by atoms with Gasteiger partial charge in [0.25, 0.3) is 6.43 Å². The number of H-pyrrole nitrogens is 1. The van der Waals surface area contributed by atoms with Crippen LogP contribution < -0.4 is 10.6 Å². The molecule has 0 spiro atoms. The van der Waals surface area contributed by atoms with E-state index in [1.807, 2.05) is 0 Å². The van der Waals surface area contributed by atoms with Crippen LogP contribution in [0, 0.1) is 5.95 Å². The largest absolute Gasteiger partial charge is 0.337 e. The maximum Gasteiger partial charge on any atom is 0.269 e. The van der Waals surface area contributed by atoms with E-state index in [4.69, 9.17) is 0 Å². The van der Waals surface area contributed by atoms with Crippen LogP contribution in [0.3, 0.4) is 0 Å². The normalized spacial score (nSPS) is 12.1. The fraction of sp³-hybridized carbons (Fsp3) is 0.167. The van der Waals surface area contributed by atoms with Gasteiger partial charge in [0.1, 0.15) is 0 Å². The highest BCUT2D eigenvalue weighted by Crippen LogP contribution is 2.16. The summed E-state index contributed by atoms with van der Waals surface area (Å²) in [6, 6.07) is 0. The molecule has 0 radical (unpaired) electrons. The summed E-state index contributed by atoms with van der Waals surface area (Å²) in [5.41, 5.74) is -2.79. The second-order valence-corrected chi connectivity index (χ2v) is 4.06. The molecule has 0 aromatic carbocycles. The molecule has 0 saturated heterocycles. The van der Waals surface area contributed by atoms with Crippen molar-refractivity contribution in [3.63, 3.8) is 0 Å². The number of nitrogens with one attached hydrogen (secondary N) is 1. The third-order valence-corrected chi connectivity index (χ3v) is 2.48. The molecule has 3 N–H and O–H groups in total. The zero-order chi connectivity index (χ0) is 11.8. The van der Waals surface area contributed by atoms with Crippen LogP contribution in [0.1, 0.15) is 12.0 Å². The fourth-order valence-corrected chi connectivity index (χ4v) is 1.60. The van der Waals surface area contributed by atoms with Crippen molar-refractivity contribution in [1.29, 1.82) is 0 Å². The Labute approximate surface area is 81.8 Å². The molecule has 1 aromatic rings. The van der Waals surface area contributed by atoms with Crippen molar-refractivity contribution in [2.45, 2.75) is 11.3 Å². The number of aromatic amines is 1. The van der Waals surface area contributed by atoms with Crippen molar-refractivity contribution in [3.8, 4) is 0 Å². The van der Waals surface area contributed by atoms with Gasteiger partial charge in [-0.2, -0.15) is 4.39 Å². The van der Waals surface area contributed by atoms with E-state index in [2.05, 4.69) is 5.14 Å². The SMILES string of the molecule is NS(=O)(=O)c1c(F)[nH]cc(C(F)F)c1=O. The Morgan fingerprint density at radius 3 is 2.33 bits per heavy atom. The lowest BCUT2D eigenvalue weighted by atomic mass is 10.3. The van der Waals surface area contributed by atoms with Gasteiger partial charge in [0.05, 0.1) is 5.56 Å². The van der Waals surface area contributed by atoms with Crippen molar-refractivity contribution in [3.05, 3.63) is 27.9 Å². The Morgan fingerprint density at radius 1 is 1.40 bits per heavy atom. The number of alkyl halides is 2. The first kappa shape index (κ1) is 11.7. The van der Waals surface area contributed by atoms with Crippen LogP contribution >= 0.6 is 0 Å². The van der Waals surface area contributed by atoms with Crippen LogP contribution in [0.15, 0.2) is 15.9 Å². The molecule has 1 rings (SSSR count). The predicted octanol–water partition coefficient (Wildman–Crippen LogP) is 0.0990. The minimum absolute atomic E-state index is 0.400. The molecule has 1 aromatic heterocycles. The van der Waals surface area contributed by atoms with Gasteiger partial charge < -0.3 is 4.98 Å². The Bertz CT molecular complexity index is 537. The smallest absolute Gasteiger partial charge is 0.269 e. The van der Waals surface area contributed by atoms with Gasteiger partial charge in [0.2, 0.25) is 21.4 Å². The van der Waals surface area contributed by atoms with Crippen molar-refractivity contribution in [1.82, 2.24) is 4.98 Å². The van der Waals surface area contributed by atoms with E-state index < -0.39 is 38.3 Å². The van der Waals surface area contributed by atoms with Crippen molar-refractivity contribution in [2.24, 2.45) is 5.14 Å². The average molecular weight is 242 g/mol. The van der Waals surface area contributed by atoms with E-state index in [9.17, 15) is 26.4 Å². The van der Waals surface area contributed by atoms with Crippen LogP contribution in [0.5, 0.6) is 0 Å². The first-order valence-corrected chi connectivity index (χ1v) is 5.02. The molecule has 0 bridgehead atoms. The number of hydrogen-bond donors (Lipinski definition) is 2.